The van der Waals surface area contributed by atoms with Crippen molar-refractivity contribution in [2.24, 2.45) is 5.92 Å². The predicted molar refractivity (Wildman–Crippen MR) is 84.7 cm³/mol. The summed E-state index contributed by atoms with van der Waals surface area (Å²) in [5, 5.41) is 14.2. The molecule has 0 radical (unpaired) electrons. The Labute approximate surface area is 126 Å². The molecule has 0 aromatic carbocycles. The average molecular weight is 295 g/mol. The lowest BCUT2D eigenvalue weighted by molar-refractivity contribution is 0.0252. The van der Waals surface area contributed by atoms with Crippen molar-refractivity contribution in [1.29, 1.82) is 0 Å². The van der Waals surface area contributed by atoms with Crippen molar-refractivity contribution in [3.8, 4) is 12.3 Å². The van der Waals surface area contributed by atoms with Gasteiger partial charge in [-0.1, -0.05) is 19.8 Å². The van der Waals surface area contributed by atoms with Crippen LogP contribution in [-0.2, 0) is 11.3 Å². The van der Waals surface area contributed by atoms with Gasteiger partial charge in [0.25, 0.3) is 0 Å². The molecule has 1 aromatic rings. The zero-order chi connectivity index (χ0) is 14.8. The van der Waals surface area contributed by atoms with E-state index in [-0.39, 0.29) is 6.61 Å². The second-order valence-electron chi connectivity index (χ2n) is 5.42. The third-order valence-electron chi connectivity index (χ3n) is 2.97. The van der Waals surface area contributed by atoms with Crippen molar-refractivity contribution >= 4 is 11.3 Å². The first kappa shape index (κ1) is 17.2. The molecule has 0 aliphatic carbocycles. The van der Waals surface area contributed by atoms with Crippen LogP contribution in [0.3, 0.4) is 0 Å². The summed E-state index contributed by atoms with van der Waals surface area (Å²) in [7, 11) is 0. The Morgan fingerprint density at radius 3 is 2.90 bits per heavy atom. The van der Waals surface area contributed by atoms with Crippen molar-refractivity contribution in [3.05, 3.63) is 22.4 Å². The zero-order valence-corrected chi connectivity index (χ0v) is 13.2. The fourth-order valence-electron chi connectivity index (χ4n) is 1.92. The number of ether oxygens (including phenoxy) is 1. The Kier molecular flexibility index (Phi) is 8.56. The van der Waals surface area contributed by atoms with Gasteiger partial charge in [-0.15, -0.1) is 6.42 Å². The highest BCUT2D eigenvalue weighted by Gasteiger charge is 2.13. The molecule has 3 nitrogen and oxygen atoms in total. The molecule has 0 aliphatic rings. The normalized spacial score (nSPS) is 12.8. The van der Waals surface area contributed by atoms with E-state index in [2.05, 4.69) is 41.5 Å². The lowest BCUT2D eigenvalue weighted by atomic mass is 10.1. The van der Waals surface area contributed by atoms with Crippen LogP contribution in [0.25, 0.3) is 0 Å². The fraction of sp³-hybridized carbons (Fsp3) is 0.625. The van der Waals surface area contributed by atoms with E-state index in [4.69, 9.17) is 11.2 Å². The maximum Gasteiger partial charge on any atom is 0.107 e. The lowest BCUT2D eigenvalue weighted by Gasteiger charge is -2.25. The quantitative estimate of drug-likeness (QED) is 0.532. The molecule has 1 heterocycles. The fourth-order valence-corrected chi connectivity index (χ4v) is 2.58. The third kappa shape index (κ3) is 7.66. The summed E-state index contributed by atoms with van der Waals surface area (Å²) in [6.45, 7) is 7.47. The highest BCUT2D eigenvalue weighted by Crippen LogP contribution is 2.12. The molecule has 1 rings (SSSR count). The molecule has 0 bridgehead atoms. The van der Waals surface area contributed by atoms with Crippen molar-refractivity contribution in [2.75, 3.05) is 26.3 Å². The van der Waals surface area contributed by atoms with Gasteiger partial charge in [0.2, 0.25) is 0 Å². The maximum absolute atomic E-state index is 10.0. The molecule has 20 heavy (non-hydrogen) atoms. The van der Waals surface area contributed by atoms with Gasteiger partial charge in [0.05, 0.1) is 12.7 Å². The monoisotopic (exact) mass is 295 g/mol. The number of hydrogen-bond acceptors (Lipinski definition) is 4. The zero-order valence-electron chi connectivity index (χ0n) is 12.4. The molecule has 0 aliphatic heterocycles. The molecular weight excluding hydrogens is 270 g/mol. The number of nitrogens with zero attached hydrogens (tertiary/aromatic N) is 1. The highest BCUT2D eigenvalue weighted by molar-refractivity contribution is 7.07. The first-order valence-corrected chi connectivity index (χ1v) is 7.98. The van der Waals surface area contributed by atoms with Crippen LogP contribution in [0.5, 0.6) is 0 Å². The summed E-state index contributed by atoms with van der Waals surface area (Å²) >= 11 is 1.71. The lowest BCUT2D eigenvalue weighted by Crippen LogP contribution is -2.35. The van der Waals surface area contributed by atoms with Crippen molar-refractivity contribution in [3.63, 3.8) is 0 Å². The number of aliphatic hydroxyl groups excluding tert-OH is 1. The van der Waals surface area contributed by atoms with E-state index in [0.717, 1.165) is 19.5 Å². The van der Waals surface area contributed by atoms with Crippen LogP contribution in [0.1, 0.15) is 25.8 Å². The molecule has 1 N–H and O–H groups in total. The molecule has 4 heteroatoms. The molecule has 0 spiro atoms. The minimum Gasteiger partial charge on any atom is -0.389 e. The summed E-state index contributed by atoms with van der Waals surface area (Å²) in [5.74, 6) is 3.07. The van der Waals surface area contributed by atoms with Crippen LogP contribution in [0, 0.1) is 18.3 Å². The standard InChI is InChI=1S/C16H25NO2S/c1-4-8-19-12-16(18)11-17(7-5-14(2)3)10-15-6-9-20-13-15/h1,6,9,13-14,16,18H,5,7-8,10-12H2,2-3H3. The first-order valence-electron chi connectivity index (χ1n) is 7.04. The van der Waals surface area contributed by atoms with Crippen LogP contribution >= 0.6 is 11.3 Å². The van der Waals surface area contributed by atoms with Gasteiger partial charge in [-0.05, 0) is 41.3 Å². The summed E-state index contributed by atoms with van der Waals surface area (Å²) in [6.07, 6.45) is 5.76. The molecule has 0 amide bonds. The third-order valence-corrected chi connectivity index (χ3v) is 3.71. The van der Waals surface area contributed by atoms with E-state index >= 15 is 0 Å². The van der Waals surface area contributed by atoms with Gasteiger partial charge in [0.1, 0.15) is 6.61 Å². The van der Waals surface area contributed by atoms with Crippen LogP contribution in [0.4, 0.5) is 0 Å². The molecule has 1 atom stereocenters. The van der Waals surface area contributed by atoms with Gasteiger partial charge in [0, 0.05) is 13.1 Å². The average Bonchev–Trinajstić information content (AvgIpc) is 2.89. The molecule has 0 saturated carbocycles. The second-order valence-corrected chi connectivity index (χ2v) is 6.20. The molecule has 1 aromatic heterocycles. The van der Waals surface area contributed by atoms with Crippen molar-refractivity contribution in [2.45, 2.75) is 32.9 Å². The Hall–Kier alpha value is -0.860. The van der Waals surface area contributed by atoms with E-state index in [1.54, 1.807) is 11.3 Å². The van der Waals surface area contributed by atoms with Crippen LogP contribution < -0.4 is 0 Å². The van der Waals surface area contributed by atoms with Gasteiger partial charge in [-0.3, -0.25) is 4.90 Å². The number of aliphatic hydroxyl groups is 1. The first-order chi connectivity index (χ1) is 9.61. The van der Waals surface area contributed by atoms with E-state index < -0.39 is 6.10 Å². The van der Waals surface area contributed by atoms with Crippen molar-refractivity contribution in [1.82, 2.24) is 4.90 Å². The van der Waals surface area contributed by atoms with Gasteiger partial charge in [-0.25, -0.2) is 0 Å². The number of terminal acetylenes is 1. The van der Waals surface area contributed by atoms with Gasteiger partial charge >= 0.3 is 0 Å². The summed E-state index contributed by atoms with van der Waals surface area (Å²) in [6, 6.07) is 2.13. The highest BCUT2D eigenvalue weighted by atomic mass is 32.1. The number of hydrogen-bond donors (Lipinski definition) is 1. The Morgan fingerprint density at radius 2 is 2.30 bits per heavy atom. The number of rotatable bonds is 10. The summed E-state index contributed by atoms with van der Waals surface area (Å²) in [4.78, 5) is 2.28. The Balaban J connectivity index is 2.42. The smallest absolute Gasteiger partial charge is 0.107 e. The Morgan fingerprint density at radius 1 is 1.50 bits per heavy atom. The largest absolute Gasteiger partial charge is 0.389 e. The van der Waals surface area contributed by atoms with E-state index in [9.17, 15) is 5.11 Å². The van der Waals surface area contributed by atoms with Crippen LogP contribution in [-0.4, -0.2) is 42.4 Å². The van der Waals surface area contributed by atoms with Crippen LogP contribution in [0.15, 0.2) is 16.8 Å². The molecule has 112 valence electrons. The van der Waals surface area contributed by atoms with E-state index in [1.165, 1.54) is 5.56 Å². The molecule has 1 unspecified atom stereocenters. The Bertz CT molecular complexity index is 384. The summed E-state index contributed by atoms with van der Waals surface area (Å²) in [5.41, 5.74) is 1.30. The van der Waals surface area contributed by atoms with Gasteiger partial charge < -0.3 is 9.84 Å². The van der Waals surface area contributed by atoms with Gasteiger partial charge in [-0.2, -0.15) is 11.3 Å². The van der Waals surface area contributed by atoms with E-state index in [0.29, 0.717) is 19.1 Å². The minimum absolute atomic E-state index is 0.258. The number of thiophene rings is 1. The SMILES string of the molecule is C#CCOCC(O)CN(CCC(C)C)Cc1ccsc1. The topological polar surface area (TPSA) is 32.7 Å². The molecule has 0 saturated heterocycles. The summed E-state index contributed by atoms with van der Waals surface area (Å²) < 4.78 is 5.20. The van der Waals surface area contributed by atoms with Crippen LogP contribution in [0.2, 0.25) is 0 Å². The minimum atomic E-state index is -0.492. The van der Waals surface area contributed by atoms with Gasteiger partial charge in [0.15, 0.2) is 0 Å². The second kappa shape index (κ2) is 9.95. The van der Waals surface area contributed by atoms with E-state index in [1.807, 2.05) is 0 Å². The predicted octanol–water partition coefficient (Wildman–Crippen LogP) is 2.61. The van der Waals surface area contributed by atoms with Crippen molar-refractivity contribution < 1.29 is 9.84 Å². The molecule has 0 fully saturated rings. The molecular formula is C16H25NO2S. The maximum atomic E-state index is 10.0.